The van der Waals surface area contributed by atoms with Crippen LogP contribution in [0.5, 0.6) is 0 Å². The Bertz CT molecular complexity index is 398. The van der Waals surface area contributed by atoms with Crippen molar-refractivity contribution in [1.29, 1.82) is 0 Å². The van der Waals surface area contributed by atoms with E-state index >= 15 is 0 Å². The van der Waals surface area contributed by atoms with Gasteiger partial charge in [0.15, 0.2) is 0 Å². The number of rotatable bonds is 15. The SMILES string of the molecule is CCCC(N)=O.CCCCCCCCCCCC(=O)N[C@H](C(=O)O)C(C)C. The summed E-state index contributed by atoms with van der Waals surface area (Å²) in [5, 5.41) is 11.6. The number of hydrogen-bond acceptors (Lipinski definition) is 3. The Morgan fingerprint density at radius 3 is 1.63 bits per heavy atom. The minimum atomic E-state index is -0.953. The molecule has 0 spiro atoms. The summed E-state index contributed by atoms with van der Waals surface area (Å²) in [5.74, 6) is -1.39. The van der Waals surface area contributed by atoms with Gasteiger partial charge in [0, 0.05) is 12.8 Å². The third-order valence-corrected chi connectivity index (χ3v) is 4.25. The maximum Gasteiger partial charge on any atom is 0.326 e. The van der Waals surface area contributed by atoms with Gasteiger partial charge in [-0.3, -0.25) is 9.59 Å². The predicted molar refractivity (Wildman–Crippen MR) is 110 cm³/mol. The van der Waals surface area contributed by atoms with Crippen molar-refractivity contribution in [3.05, 3.63) is 0 Å². The lowest BCUT2D eigenvalue weighted by Gasteiger charge is -2.17. The molecule has 0 aliphatic carbocycles. The van der Waals surface area contributed by atoms with Crippen LogP contribution in [0, 0.1) is 5.92 Å². The minimum absolute atomic E-state index is 0.0884. The maximum absolute atomic E-state index is 11.7. The van der Waals surface area contributed by atoms with Crippen molar-refractivity contribution in [2.45, 2.75) is 111 Å². The Morgan fingerprint density at radius 1 is 0.815 bits per heavy atom. The summed E-state index contributed by atoms with van der Waals surface area (Å²) in [4.78, 5) is 32.5. The number of nitrogens with one attached hydrogen (secondary N) is 1. The molecule has 6 nitrogen and oxygen atoms in total. The van der Waals surface area contributed by atoms with Crippen molar-refractivity contribution in [1.82, 2.24) is 5.32 Å². The standard InChI is InChI=1S/C17H33NO3.C4H9NO/c1-4-5-6-7-8-9-10-11-12-13-15(19)18-16(14(2)3)17(20)21;1-2-3-4(5)6/h14,16H,4-13H2,1-3H3,(H,18,19)(H,20,21);2-3H2,1H3,(H2,5,6)/t16-;/m0./s1. The van der Waals surface area contributed by atoms with Gasteiger partial charge in [-0.1, -0.05) is 79.1 Å². The summed E-state index contributed by atoms with van der Waals surface area (Å²) in [7, 11) is 0. The minimum Gasteiger partial charge on any atom is -0.480 e. The van der Waals surface area contributed by atoms with Gasteiger partial charge in [0.25, 0.3) is 0 Å². The van der Waals surface area contributed by atoms with Gasteiger partial charge in [-0.15, -0.1) is 0 Å². The topological polar surface area (TPSA) is 109 Å². The first-order valence-electron chi connectivity index (χ1n) is 10.6. The van der Waals surface area contributed by atoms with Gasteiger partial charge in [0.1, 0.15) is 6.04 Å². The first kappa shape index (κ1) is 27.6. The zero-order chi connectivity index (χ0) is 21.1. The van der Waals surface area contributed by atoms with Crippen molar-refractivity contribution >= 4 is 17.8 Å². The Morgan fingerprint density at radius 2 is 1.30 bits per heavy atom. The van der Waals surface area contributed by atoms with E-state index in [1.807, 2.05) is 6.92 Å². The maximum atomic E-state index is 11.7. The second-order valence-electron chi connectivity index (χ2n) is 7.42. The van der Waals surface area contributed by atoms with E-state index in [-0.39, 0.29) is 17.7 Å². The average Bonchev–Trinajstić information content (AvgIpc) is 2.58. The van der Waals surface area contributed by atoms with Crippen LogP contribution in [0.1, 0.15) is 105 Å². The number of aliphatic carboxylic acids is 1. The van der Waals surface area contributed by atoms with Crippen LogP contribution in [0.2, 0.25) is 0 Å². The number of carbonyl (C=O) groups excluding carboxylic acids is 2. The van der Waals surface area contributed by atoms with Crippen LogP contribution in [0.4, 0.5) is 0 Å². The molecule has 0 unspecified atom stereocenters. The van der Waals surface area contributed by atoms with Crippen molar-refractivity contribution < 1.29 is 19.5 Å². The van der Waals surface area contributed by atoms with Gasteiger partial charge in [0.2, 0.25) is 11.8 Å². The van der Waals surface area contributed by atoms with E-state index in [1.54, 1.807) is 13.8 Å². The van der Waals surface area contributed by atoms with Gasteiger partial charge in [-0.2, -0.15) is 0 Å². The summed E-state index contributed by atoms with van der Waals surface area (Å²) >= 11 is 0. The summed E-state index contributed by atoms with van der Waals surface area (Å²) in [6, 6.07) is -0.768. The molecule has 160 valence electrons. The quantitative estimate of drug-likeness (QED) is 0.362. The molecule has 27 heavy (non-hydrogen) atoms. The highest BCUT2D eigenvalue weighted by atomic mass is 16.4. The third-order valence-electron chi connectivity index (χ3n) is 4.25. The highest BCUT2D eigenvalue weighted by Gasteiger charge is 2.22. The molecule has 0 radical (unpaired) electrons. The summed E-state index contributed by atoms with van der Waals surface area (Å²) < 4.78 is 0. The van der Waals surface area contributed by atoms with E-state index < -0.39 is 12.0 Å². The van der Waals surface area contributed by atoms with E-state index in [9.17, 15) is 14.4 Å². The molecule has 4 N–H and O–H groups in total. The fraction of sp³-hybridized carbons (Fsp3) is 0.857. The van der Waals surface area contributed by atoms with Gasteiger partial charge in [-0.05, 0) is 18.8 Å². The van der Waals surface area contributed by atoms with Crippen LogP contribution in [0.3, 0.4) is 0 Å². The first-order valence-corrected chi connectivity index (χ1v) is 10.6. The Kier molecular flexibility index (Phi) is 19.6. The fourth-order valence-corrected chi connectivity index (χ4v) is 2.60. The molecule has 0 aliphatic heterocycles. The van der Waals surface area contributed by atoms with Crippen molar-refractivity contribution in [3.8, 4) is 0 Å². The van der Waals surface area contributed by atoms with Gasteiger partial charge in [0.05, 0.1) is 0 Å². The molecular weight excluding hydrogens is 344 g/mol. The van der Waals surface area contributed by atoms with E-state index in [1.165, 1.54) is 44.9 Å². The molecule has 0 aromatic heterocycles. The number of amides is 2. The van der Waals surface area contributed by atoms with Crippen LogP contribution >= 0.6 is 0 Å². The van der Waals surface area contributed by atoms with Gasteiger partial charge in [-0.25, -0.2) is 4.79 Å². The molecule has 0 aromatic rings. The van der Waals surface area contributed by atoms with Crippen LogP contribution in [-0.4, -0.2) is 28.9 Å². The molecule has 0 saturated carbocycles. The number of carbonyl (C=O) groups is 3. The van der Waals surface area contributed by atoms with Gasteiger partial charge < -0.3 is 16.2 Å². The lowest BCUT2D eigenvalue weighted by Crippen LogP contribution is -2.44. The fourth-order valence-electron chi connectivity index (χ4n) is 2.60. The molecule has 2 amide bonds. The van der Waals surface area contributed by atoms with E-state index in [4.69, 9.17) is 10.8 Å². The summed E-state index contributed by atoms with van der Waals surface area (Å²) in [6.07, 6.45) is 12.7. The molecule has 0 aromatic carbocycles. The number of carboxylic acid groups (broad SMARTS) is 1. The monoisotopic (exact) mass is 386 g/mol. The van der Waals surface area contributed by atoms with Crippen LogP contribution in [-0.2, 0) is 14.4 Å². The zero-order valence-electron chi connectivity index (χ0n) is 17.9. The van der Waals surface area contributed by atoms with Crippen molar-refractivity contribution in [2.75, 3.05) is 0 Å². The summed E-state index contributed by atoms with van der Waals surface area (Å²) in [6.45, 7) is 7.75. The number of hydrogen-bond donors (Lipinski definition) is 3. The molecule has 0 bridgehead atoms. The summed E-state index contributed by atoms with van der Waals surface area (Å²) in [5.41, 5.74) is 4.76. The Hall–Kier alpha value is -1.59. The Labute approximate surface area is 165 Å². The van der Waals surface area contributed by atoms with E-state index in [0.29, 0.717) is 12.8 Å². The number of nitrogens with two attached hydrogens (primary N) is 1. The van der Waals surface area contributed by atoms with E-state index in [0.717, 1.165) is 19.3 Å². The molecule has 0 rings (SSSR count). The molecule has 6 heteroatoms. The third kappa shape index (κ3) is 20.6. The van der Waals surface area contributed by atoms with Crippen LogP contribution < -0.4 is 11.1 Å². The first-order chi connectivity index (χ1) is 12.8. The number of unbranched alkanes of at least 4 members (excludes halogenated alkanes) is 8. The second kappa shape index (κ2) is 19.2. The highest BCUT2D eigenvalue weighted by Crippen LogP contribution is 2.10. The normalized spacial score (nSPS) is 11.4. The predicted octanol–water partition coefficient (Wildman–Crippen LogP) is 4.40. The molecule has 0 heterocycles. The molecule has 0 aliphatic rings. The molecule has 0 fully saturated rings. The van der Waals surface area contributed by atoms with Crippen molar-refractivity contribution in [3.63, 3.8) is 0 Å². The van der Waals surface area contributed by atoms with E-state index in [2.05, 4.69) is 12.2 Å². The lowest BCUT2D eigenvalue weighted by atomic mass is 10.0. The highest BCUT2D eigenvalue weighted by molar-refractivity contribution is 5.83. The van der Waals surface area contributed by atoms with Crippen LogP contribution in [0.15, 0.2) is 0 Å². The Balaban J connectivity index is 0. The smallest absolute Gasteiger partial charge is 0.326 e. The lowest BCUT2D eigenvalue weighted by molar-refractivity contribution is -0.143. The average molecular weight is 387 g/mol. The van der Waals surface area contributed by atoms with Crippen molar-refractivity contribution in [2.24, 2.45) is 11.7 Å². The zero-order valence-corrected chi connectivity index (χ0v) is 17.9. The number of primary amides is 1. The molecule has 0 saturated heterocycles. The largest absolute Gasteiger partial charge is 0.480 e. The second-order valence-corrected chi connectivity index (χ2v) is 7.42. The number of carboxylic acids is 1. The van der Waals surface area contributed by atoms with Gasteiger partial charge >= 0.3 is 5.97 Å². The molecule has 1 atom stereocenters. The molecular formula is C21H42N2O4. The van der Waals surface area contributed by atoms with Crippen LogP contribution in [0.25, 0.3) is 0 Å².